The van der Waals surface area contributed by atoms with Crippen LogP contribution in [-0.4, -0.2) is 51.8 Å². The lowest BCUT2D eigenvalue weighted by Gasteiger charge is -2.36. The van der Waals surface area contributed by atoms with Crippen molar-refractivity contribution in [2.24, 2.45) is 17.8 Å². The third-order valence-electron chi connectivity index (χ3n) is 7.12. The Hall–Kier alpha value is -2.44. The summed E-state index contributed by atoms with van der Waals surface area (Å²) in [5.74, 6) is -1.76. The van der Waals surface area contributed by atoms with E-state index in [0.717, 1.165) is 48.0 Å². The molecule has 1 aliphatic carbocycles. The number of phenols is 1. The zero-order valence-corrected chi connectivity index (χ0v) is 20.0. The second kappa shape index (κ2) is 11.1. The highest BCUT2D eigenvalue weighted by molar-refractivity contribution is 6.05. The van der Waals surface area contributed by atoms with Crippen LogP contribution in [0.3, 0.4) is 0 Å². The number of rotatable bonds is 10. The highest BCUT2D eigenvalue weighted by atomic mass is 16.3. The van der Waals surface area contributed by atoms with Gasteiger partial charge in [0.25, 0.3) is 0 Å². The van der Waals surface area contributed by atoms with Crippen LogP contribution in [0.4, 0.5) is 0 Å². The van der Waals surface area contributed by atoms with Crippen LogP contribution in [0.25, 0.3) is 6.08 Å². The molecule has 0 aromatic heterocycles. The molecule has 1 heterocycles. The molecule has 0 radical (unpaired) electrons. The van der Waals surface area contributed by atoms with E-state index >= 15 is 0 Å². The van der Waals surface area contributed by atoms with Gasteiger partial charge in [-0.1, -0.05) is 62.1 Å². The van der Waals surface area contributed by atoms with Crippen molar-refractivity contribution >= 4 is 17.9 Å². The topological polar surface area (TPSA) is 98.1 Å². The molecule has 0 spiro atoms. The molecule has 1 saturated heterocycles. The number of carbonyl (C=O) groups is 2. The van der Waals surface area contributed by atoms with Gasteiger partial charge in [-0.3, -0.25) is 14.5 Å². The summed E-state index contributed by atoms with van der Waals surface area (Å²) in [6, 6.07) is 7.20. The van der Waals surface area contributed by atoms with E-state index in [4.69, 9.17) is 0 Å². The number of hydrogen-bond acceptors (Lipinski definition) is 5. The molecule has 4 atom stereocenters. The molecule has 6 heteroatoms. The number of allylic oxidation sites excluding steroid dienone is 2. The van der Waals surface area contributed by atoms with Crippen molar-refractivity contribution in [3.05, 3.63) is 46.5 Å². The Morgan fingerprint density at radius 2 is 1.88 bits per heavy atom. The molecule has 0 bridgehead atoms. The number of likely N-dealkylation sites (tertiary alicyclic amines) is 1. The quantitative estimate of drug-likeness (QED) is 0.365. The minimum absolute atomic E-state index is 0.179. The van der Waals surface area contributed by atoms with Crippen molar-refractivity contribution in [2.45, 2.75) is 64.9 Å². The van der Waals surface area contributed by atoms with Crippen molar-refractivity contribution in [3.63, 3.8) is 0 Å². The molecule has 33 heavy (non-hydrogen) atoms. The van der Waals surface area contributed by atoms with E-state index in [1.54, 1.807) is 12.1 Å². The molecule has 2 aliphatic rings. The van der Waals surface area contributed by atoms with Crippen LogP contribution in [0.1, 0.15) is 64.4 Å². The summed E-state index contributed by atoms with van der Waals surface area (Å²) in [5.41, 5.74) is 3.67. The zero-order chi connectivity index (χ0) is 24.1. The number of hydrogen-bond donors (Lipinski definition) is 3. The lowest BCUT2D eigenvalue weighted by atomic mass is 9.67. The monoisotopic (exact) mass is 455 g/mol. The number of phenolic OH excluding ortho intramolecular Hbond substituents is 1. The molecule has 0 saturated carbocycles. The minimum Gasteiger partial charge on any atom is -0.507 e. The van der Waals surface area contributed by atoms with E-state index < -0.39 is 23.9 Å². The van der Waals surface area contributed by atoms with Gasteiger partial charge in [0.1, 0.15) is 5.75 Å². The molecule has 1 aliphatic heterocycles. The number of amides is 2. The predicted octanol–water partition coefficient (Wildman–Crippen LogP) is 4.06. The number of imide groups is 1. The summed E-state index contributed by atoms with van der Waals surface area (Å²) >= 11 is 0. The average molecular weight is 456 g/mol. The lowest BCUT2D eigenvalue weighted by Crippen LogP contribution is -2.39. The van der Waals surface area contributed by atoms with Crippen molar-refractivity contribution in [3.8, 4) is 5.75 Å². The summed E-state index contributed by atoms with van der Waals surface area (Å²) in [6.07, 6.45) is 6.20. The molecule has 1 aromatic rings. The van der Waals surface area contributed by atoms with Gasteiger partial charge in [-0.05, 0) is 43.7 Å². The number of carbonyl (C=O) groups excluding carboxylic acids is 2. The molecule has 1 fully saturated rings. The molecular formula is C27H37NO5. The number of fused-ring (bicyclic) bond motifs is 1. The lowest BCUT2D eigenvalue weighted by molar-refractivity contribution is -0.138. The van der Waals surface area contributed by atoms with Gasteiger partial charge in [-0.2, -0.15) is 0 Å². The molecule has 6 nitrogen and oxygen atoms in total. The molecule has 3 N–H and O–H groups in total. The van der Waals surface area contributed by atoms with Gasteiger partial charge >= 0.3 is 0 Å². The number of para-hydroxylation sites is 1. The van der Waals surface area contributed by atoms with Gasteiger partial charge in [0.15, 0.2) is 0 Å². The van der Waals surface area contributed by atoms with Crippen molar-refractivity contribution in [1.29, 1.82) is 0 Å². The van der Waals surface area contributed by atoms with Gasteiger partial charge in [-0.25, -0.2) is 0 Å². The first-order valence-corrected chi connectivity index (χ1v) is 12.1. The Morgan fingerprint density at radius 3 is 2.52 bits per heavy atom. The second-order valence-corrected chi connectivity index (χ2v) is 9.34. The SMILES string of the molecule is CCCC1=C([C@H](O)CC/C(=C/c2ccccc2O)CCC)[C@H](CO)[C@@H]2C(=O)N(C)C(=O)[C@@H]2C1. The number of benzene rings is 1. The maximum atomic E-state index is 12.8. The molecule has 180 valence electrons. The van der Waals surface area contributed by atoms with E-state index in [9.17, 15) is 24.9 Å². The fourth-order valence-electron chi connectivity index (χ4n) is 5.55. The number of nitrogens with zero attached hydrogens (tertiary/aromatic N) is 1. The van der Waals surface area contributed by atoms with Gasteiger partial charge in [-0.15, -0.1) is 0 Å². The van der Waals surface area contributed by atoms with Crippen molar-refractivity contribution in [2.75, 3.05) is 13.7 Å². The van der Waals surface area contributed by atoms with Gasteiger partial charge in [0.05, 0.1) is 24.5 Å². The molecule has 3 rings (SSSR count). The maximum absolute atomic E-state index is 12.8. The minimum atomic E-state index is -0.789. The van der Waals surface area contributed by atoms with Crippen LogP contribution in [0.15, 0.2) is 41.0 Å². The molecule has 0 unspecified atom stereocenters. The van der Waals surface area contributed by atoms with Gasteiger partial charge in [0, 0.05) is 18.5 Å². The van der Waals surface area contributed by atoms with Crippen LogP contribution >= 0.6 is 0 Å². The average Bonchev–Trinajstić information content (AvgIpc) is 3.02. The largest absolute Gasteiger partial charge is 0.507 e. The summed E-state index contributed by atoms with van der Waals surface area (Å²) in [5, 5.41) is 31.7. The normalized spacial score (nSPS) is 24.5. The van der Waals surface area contributed by atoms with E-state index in [1.165, 1.54) is 11.9 Å². The van der Waals surface area contributed by atoms with Crippen LogP contribution in [0.5, 0.6) is 5.75 Å². The maximum Gasteiger partial charge on any atom is 0.233 e. The standard InChI is InChI=1S/C27H37NO5/c1-4-8-17(14-18-10-6-7-11-22(18)30)12-13-23(31)24-19(9-5-2)15-20-25(21(24)16-29)27(33)28(3)26(20)32/h6-7,10-11,14,20-21,23,25,29-31H,4-5,8-9,12-13,15-16H2,1-3H3/b17-14+/t20-,21+,23-,25-/m1/s1. The van der Waals surface area contributed by atoms with Crippen LogP contribution < -0.4 is 0 Å². The van der Waals surface area contributed by atoms with E-state index in [0.29, 0.717) is 19.3 Å². The Kier molecular flexibility index (Phi) is 8.49. The summed E-state index contributed by atoms with van der Waals surface area (Å²) in [6.45, 7) is 3.89. The molecule has 1 aromatic carbocycles. The Balaban J connectivity index is 1.86. The Bertz CT molecular complexity index is 934. The van der Waals surface area contributed by atoms with Crippen LogP contribution in [0, 0.1) is 17.8 Å². The van der Waals surface area contributed by atoms with Gasteiger partial charge < -0.3 is 15.3 Å². The summed E-state index contributed by atoms with van der Waals surface area (Å²) < 4.78 is 0. The number of aromatic hydroxyl groups is 1. The highest BCUT2D eigenvalue weighted by Crippen LogP contribution is 2.47. The van der Waals surface area contributed by atoms with E-state index in [-0.39, 0.29) is 24.2 Å². The summed E-state index contributed by atoms with van der Waals surface area (Å²) in [7, 11) is 1.51. The first-order chi connectivity index (χ1) is 15.8. The predicted molar refractivity (Wildman–Crippen MR) is 128 cm³/mol. The van der Waals surface area contributed by atoms with E-state index in [2.05, 4.69) is 13.8 Å². The van der Waals surface area contributed by atoms with Crippen molar-refractivity contribution in [1.82, 2.24) is 4.90 Å². The fourth-order valence-corrected chi connectivity index (χ4v) is 5.55. The first-order valence-electron chi connectivity index (χ1n) is 12.1. The molecular weight excluding hydrogens is 418 g/mol. The molecule has 2 amide bonds. The smallest absolute Gasteiger partial charge is 0.233 e. The number of aliphatic hydroxyl groups is 2. The van der Waals surface area contributed by atoms with Gasteiger partial charge in [0.2, 0.25) is 11.8 Å². The first kappa shape index (κ1) is 25.2. The van der Waals surface area contributed by atoms with Crippen molar-refractivity contribution < 1.29 is 24.9 Å². The third kappa shape index (κ3) is 5.22. The van der Waals surface area contributed by atoms with Crippen LogP contribution in [0.2, 0.25) is 0 Å². The van der Waals surface area contributed by atoms with E-state index in [1.807, 2.05) is 18.2 Å². The Labute approximate surface area is 196 Å². The third-order valence-corrected chi connectivity index (χ3v) is 7.12. The highest BCUT2D eigenvalue weighted by Gasteiger charge is 2.53. The number of aliphatic hydroxyl groups excluding tert-OH is 2. The fraction of sp³-hybridized carbons (Fsp3) is 0.556. The second-order valence-electron chi connectivity index (χ2n) is 9.34. The van der Waals surface area contributed by atoms with Crippen LogP contribution in [-0.2, 0) is 9.59 Å². The Morgan fingerprint density at radius 1 is 1.15 bits per heavy atom. The zero-order valence-electron chi connectivity index (χ0n) is 20.0. The summed E-state index contributed by atoms with van der Waals surface area (Å²) in [4.78, 5) is 26.6.